The number of carbonyl (C=O) groups is 1. The quantitative estimate of drug-likeness (QED) is 0.698. The van der Waals surface area contributed by atoms with Crippen LogP contribution in [0.15, 0.2) is 0 Å². The molecule has 1 heterocycles. The summed E-state index contributed by atoms with van der Waals surface area (Å²) < 4.78 is 21.8. The summed E-state index contributed by atoms with van der Waals surface area (Å²) in [5.41, 5.74) is 0. The third-order valence-electron chi connectivity index (χ3n) is 2.37. The van der Waals surface area contributed by atoms with Crippen LogP contribution < -0.4 is 0 Å². The van der Waals surface area contributed by atoms with Gasteiger partial charge in [-0.25, -0.2) is 0 Å². The zero-order valence-electron chi connectivity index (χ0n) is 10.3. The van der Waals surface area contributed by atoms with Gasteiger partial charge in [0, 0.05) is 10.7 Å². The molecule has 0 aliphatic carbocycles. The maximum Gasteiger partial charge on any atom is 0.320 e. The van der Waals surface area contributed by atoms with Crippen LogP contribution in [0.25, 0.3) is 0 Å². The molecule has 0 spiro atoms. The molecule has 1 aliphatic heterocycles. The molecule has 1 aliphatic rings. The van der Waals surface area contributed by atoms with Gasteiger partial charge in [0.1, 0.15) is 6.04 Å². The third kappa shape index (κ3) is 1.97. The Kier molecular flexibility index (Phi) is 1.94. The molecule has 70 valence electrons. The fraction of sp³-hybridized carbons (Fsp3) is 0.889. The smallest absolute Gasteiger partial charge is 0.320 e. The topological polar surface area (TPSA) is 40.5 Å². The summed E-state index contributed by atoms with van der Waals surface area (Å²) in [7, 11) is 0. The molecule has 0 bridgehead atoms. The van der Waals surface area contributed by atoms with E-state index >= 15 is 0 Å². The first-order valence-electron chi connectivity index (χ1n) is 5.85. The largest absolute Gasteiger partial charge is 0.480 e. The molecule has 2 atom stereocenters. The average molecular weight is 174 g/mol. The first-order valence-corrected chi connectivity index (χ1v) is 4.35. The number of likely N-dealkylation sites (N-methyl/N-ethyl adjacent to an activating group) is 1. The van der Waals surface area contributed by atoms with E-state index in [1.165, 1.54) is 0 Å². The Bertz CT molecular complexity index is 242. The summed E-state index contributed by atoms with van der Waals surface area (Å²) in [6.45, 7) is 0.112. The van der Waals surface area contributed by atoms with Crippen molar-refractivity contribution in [3.05, 3.63) is 0 Å². The van der Waals surface area contributed by atoms with Gasteiger partial charge in [0.15, 0.2) is 0 Å². The van der Waals surface area contributed by atoms with Crippen molar-refractivity contribution in [2.75, 3.05) is 13.5 Å². The van der Waals surface area contributed by atoms with Crippen LogP contribution in [0, 0.1) is 5.92 Å². The van der Waals surface area contributed by atoms with Crippen LogP contribution in [0.5, 0.6) is 0 Å². The molecule has 0 aromatic rings. The van der Waals surface area contributed by atoms with E-state index in [2.05, 4.69) is 0 Å². The number of likely N-dealkylation sites (tertiary alicyclic amines) is 1. The second-order valence-corrected chi connectivity index (χ2v) is 3.40. The number of carboxylic acid groups (broad SMARTS) is 1. The first kappa shape index (κ1) is 5.97. The summed E-state index contributed by atoms with van der Waals surface area (Å²) in [5.74, 6) is -0.818. The maximum atomic E-state index is 10.9. The molecular weight excluding hydrogens is 154 g/mol. The molecule has 1 N–H and O–H groups in total. The monoisotopic (exact) mass is 174 g/mol. The van der Waals surface area contributed by atoms with E-state index < -0.39 is 19.0 Å². The predicted molar refractivity (Wildman–Crippen MR) is 47.1 cm³/mol. The number of rotatable bonds is 3. The van der Waals surface area contributed by atoms with Gasteiger partial charge in [-0.05, 0) is 25.7 Å². The van der Waals surface area contributed by atoms with Crippen molar-refractivity contribution < 1.29 is 14.0 Å². The summed E-state index contributed by atoms with van der Waals surface area (Å²) in [6, 6.07) is -0.839. The molecule has 0 aromatic carbocycles. The maximum absolute atomic E-state index is 10.9. The summed E-state index contributed by atoms with van der Waals surface area (Å²) in [6.07, 6.45) is 2.32. The van der Waals surface area contributed by atoms with E-state index in [1.54, 1.807) is 0 Å². The minimum atomic E-state index is -2.29. The van der Waals surface area contributed by atoms with E-state index in [9.17, 15) is 4.79 Å². The highest BCUT2D eigenvalue weighted by Crippen LogP contribution is 2.25. The van der Waals surface area contributed by atoms with Crippen molar-refractivity contribution in [3.63, 3.8) is 0 Å². The van der Waals surface area contributed by atoms with Crippen LogP contribution in [0.2, 0.25) is 0 Å². The lowest BCUT2D eigenvalue weighted by molar-refractivity contribution is -0.141. The second kappa shape index (κ2) is 3.90. The van der Waals surface area contributed by atoms with Gasteiger partial charge in [-0.15, -0.1) is 0 Å². The van der Waals surface area contributed by atoms with Gasteiger partial charge in [-0.1, -0.05) is 13.3 Å². The molecule has 12 heavy (non-hydrogen) atoms. The molecule has 0 saturated carbocycles. The van der Waals surface area contributed by atoms with Crippen molar-refractivity contribution in [2.24, 2.45) is 5.92 Å². The number of carboxylic acids is 1. The minimum Gasteiger partial charge on any atom is -0.480 e. The van der Waals surface area contributed by atoms with E-state index in [0.29, 0.717) is 13.0 Å². The Balaban J connectivity index is 2.72. The van der Waals surface area contributed by atoms with Crippen LogP contribution in [0.3, 0.4) is 0 Å². The van der Waals surface area contributed by atoms with Gasteiger partial charge in [0.25, 0.3) is 0 Å². The molecule has 1 rings (SSSR count). The van der Waals surface area contributed by atoms with Crippen LogP contribution in [0.1, 0.15) is 30.3 Å². The van der Waals surface area contributed by atoms with E-state index in [4.69, 9.17) is 9.22 Å². The van der Waals surface area contributed by atoms with Crippen molar-refractivity contribution in [1.29, 1.82) is 0 Å². The van der Waals surface area contributed by atoms with Gasteiger partial charge >= 0.3 is 5.97 Å². The SMILES string of the molecule is [2H]C([2H])([2H])N1C[C@@H](CCC)C[C@@H]1C(=O)O. The molecule has 1 fully saturated rings. The standard InChI is InChI=1S/C9H17NO2/c1-3-4-7-5-8(9(11)12)10(2)6-7/h7-8H,3-6H2,1-2H3,(H,11,12)/t7-,8+/m0/s1/i2D3. The Morgan fingerprint density at radius 1 is 1.83 bits per heavy atom. The highest BCUT2D eigenvalue weighted by Gasteiger charge is 2.33. The Morgan fingerprint density at radius 3 is 3.00 bits per heavy atom. The Hall–Kier alpha value is -0.570. The van der Waals surface area contributed by atoms with Crippen LogP contribution in [0.4, 0.5) is 0 Å². The average Bonchev–Trinajstić information content (AvgIpc) is 2.48. The number of nitrogens with zero attached hydrogens (tertiary/aromatic N) is 1. The van der Waals surface area contributed by atoms with E-state index in [-0.39, 0.29) is 5.92 Å². The Labute approximate surface area is 77.6 Å². The molecular formula is C9H17NO2. The van der Waals surface area contributed by atoms with Gasteiger partial charge < -0.3 is 5.11 Å². The molecule has 3 heteroatoms. The second-order valence-electron chi connectivity index (χ2n) is 3.40. The number of hydrogen-bond donors (Lipinski definition) is 1. The van der Waals surface area contributed by atoms with Crippen LogP contribution >= 0.6 is 0 Å². The molecule has 1 saturated heterocycles. The predicted octanol–water partition coefficient (Wildman–Crippen LogP) is 1.19. The fourth-order valence-electron chi connectivity index (χ4n) is 1.77. The van der Waals surface area contributed by atoms with Crippen molar-refractivity contribution >= 4 is 5.97 Å². The molecule has 0 radical (unpaired) electrons. The van der Waals surface area contributed by atoms with Crippen LogP contribution in [-0.2, 0) is 4.79 Å². The highest BCUT2D eigenvalue weighted by atomic mass is 16.4. The first-order chi connectivity index (χ1) is 6.86. The van der Waals surface area contributed by atoms with E-state index in [0.717, 1.165) is 17.7 Å². The minimum absolute atomic E-state index is 0.205. The van der Waals surface area contributed by atoms with Gasteiger partial charge in [-0.3, -0.25) is 9.69 Å². The molecule has 0 amide bonds. The fourth-order valence-corrected chi connectivity index (χ4v) is 1.77. The van der Waals surface area contributed by atoms with Gasteiger partial charge in [0.05, 0.1) is 0 Å². The lowest BCUT2D eigenvalue weighted by Gasteiger charge is -2.13. The van der Waals surface area contributed by atoms with Crippen LogP contribution in [-0.4, -0.2) is 35.5 Å². The summed E-state index contributed by atoms with van der Waals surface area (Å²) >= 11 is 0. The summed E-state index contributed by atoms with van der Waals surface area (Å²) in [5, 5.41) is 8.94. The third-order valence-corrected chi connectivity index (χ3v) is 2.37. The van der Waals surface area contributed by atoms with E-state index in [1.807, 2.05) is 6.92 Å². The number of hydrogen-bond acceptors (Lipinski definition) is 2. The molecule has 0 aromatic heterocycles. The Morgan fingerprint density at radius 2 is 2.58 bits per heavy atom. The van der Waals surface area contributed by atoms with Crippen molar-refractivity contribution in [2.45, 2.75) is 32.2 Å². The van der Waals surface area contributed by atoms with Crippen molar-refractivity contribution in [1.82, 2.24) is 4.90 Å². The number of aliphatic carboxylic acids is 1. The molecule has 0 unspecified atom stereocenters. The lowest BCUT2D eigenvalue weighted by Crippen LogP contribution is -2.32. The van der Waals surface area contributed by atoms with Gasteiger partial charge in [0.2, 0.25) is 0 Å². The van der Waals surface area contributed by atoms with Crippen molar-refractivity contribution in [3.8, 4) is 0 Å². The van der Waals surface area contributed by atoms with Gasteiger partial charge in [-0.2, -0.15) is 0 Å². The normalized spacial score (nSPS) is 35.6. The lowest BCUT2D eigenvalue weighted by atomic mass is 10.0. The summed E-state index contributed by atoms with van der Waals surface area (Å²) in [4.78, 5) is 12.1. The highest BCUT2D eigenvalue weighted by molar-refractivity contribution is 5.73. The zero-order valence-corrected chi connectivity index (χ0v) is 7.29. The molecule has 3 nitrogen and oxygen atoms in total. The zero-order chi connectivity index (χ0) is 11.6.